The monoisotopic (exact) mass is 310 g/mol. The molecule has 1 rings (SSSR count). The maximum atomic E-state index is 11.9. The molecule has 4 nitrogen and oxygen atoms in total. The van der Waals surface area contributed by atoms with Crippen LogP contribution in [0.4, 0.5) is 5.69 Å². The zero-order chi connectivity index (χ0) is 15.7. The average Bonchev–Trinajstić information content (AvgIpc) is 2.47. The molecule has 0 saturated heterocycles. The molecule has 1 amide bonds. The van der Waals surface area contributed by atoms with Crippen LogP contribution in [0, 0.1) is 5.92 Å². The molecule has 5 heteroatoms. The quantitative estimate of drug-likeness (QED) is 0.736. The van der Waals surface area contributed by atoms with Gasteiger partial charge in [-0.2, -0.15) is 0 Å². The fourth-order valence-electron chi connectivity index (χ4n) is 1.95. The van der Waals surface area contributed by atoms with Gasteiger partial charge in [-0.3, -0.25) is 9.00 Å². The number of amides is 1. The van der Waals surface area contributed by atoms with Gasteiger partial charge in [0, 0.05) is 41.0 Å². The molecular formula is C16H26N2O2S. The lowest BCUT2D eigenvalue weighted by molar-refractivity contribution is -0.116. The molecule has 118 valence electrons. The van der Waals surface area contributed by atoms with Gasteiger partial charge in [0.15, 0.2) is 0 Å². The third-order valence-corrected chi connectivity index (χ3v) is 5.14. The molecule has 0 fully saturated rings. The van der Waals surface area contributed by atoms with Crippen LogP contribution < -0.4 is 11.1 Å². The van der Waals surface area contributed by atoms with Crippen LogP contribution in [0.2, 0.25) is 0 Å². The van der Waals surface area contributed by atoms with Crippen LogP contribution in [0.5, 0.6) is 0 Å². The molecule has 2 atom stereocenters. The zero-order valence-corrected chi connectivity index (χ0v) is 13.7. The molecular weight excluding hydrogens is 284 g/mol. The molecule has 0 aliphatic carbocycles. The Balaban J connectivity index is 2.33. The summed E-state index contributed by atoms with van der Waals surface area (Å²) in [6.07, 6.45) is 2.09. The summed E-state index contributed by atoms with van der Waals surface area (Å²) in [5.74, 6) is 1.76. The van der Waals surface area contributed by atoms with E-state index in [-0.39, 0.29) is 5.91 Å². The second-order valence-electron chi connectivity index (χ2n) is 5.34. The molecule has 0 heterocycles. The highest BCUT2D eigenvalue weighted by molar-refractivity contribution is 7.84. The fourth-order valence-corrected chi connectivity index (χ4v) is 3.45. The van der Waals surface area contributed by atoms with E-state index in [4.69, 9.17) is 5.73 Å². The molecule has 0 saturated carbocycles. The van der Waals surface area contributed by atoms with Crippen molar-refractivity contribution in [3.05, 3.63) is 29.8 Å². The van der Waals surface area contributed by atoms with Gasteiger partial charge >= 0.3 is 0 Å². The number of rotatable bonds is 9. The van der Waals surface area contributed by atoms with Crippen molar-refractivity contribution >= 4 is 22.4 Å². The minimum atomic E-state index is -0.819. The molecule has 0 radical (unpaired) electrons. The first kappa shape index (κ1) is 17.9. The number of nitrogens with two attached hydrogens (primary N) is 1. The smallest absolute Gasteiger partial charge is 0.224 e. The van der Waals surface area contributed by atoms with Gasteiger partial charge < -0.3 is 11.1 Å². The summed E-state index contributed by atoms with van der Waals surface area (Å²) in [7, 11) is -0.819. The van der Waals surface area contributed by atoms with Crippen LogP contribution in [0.3, 0.4) is 0 Å². The summed E-state index contributed by atoms with van der Waals surface area (Å²) in [5, 5.41) is 2.87. The molecule has 0 aliphatic heterocycles. The number of carbonyl (C=O) groups is 1. The summed E-state index contributed by atoms with van der Waals surface area (Å²) in [4.78, 5) is 11.9. The topological polar surface area (TPSA) is 72.2 Å². The van der Waals surface area contributed by atoms with Crippen molar-refractivity contribution in [3.63, 3.8) is 0 Å². The molecule has 1 aromatic carbocycles. The van der Waals surface area contributed by atoms with Crippen molar-refractivity contribution in [1.82, 2.24) is 0 Å². The lowest BCUT2D eigenvalue weighted by atomic mass is 10.1. The Labute approximate surface area is 130 Å². The fraction of sp³-hybridized carbons (Fsp3) is 0.562. The Morgan fingerprint density at radius 1 is 1.38 bits per heavy atom. The summed E-state index contributed by atoms with van der Waals surface area (Å²) in [6.45, 7) is 4.61. The minimum Gasteiger partial charge on any atom is -0.326 e. The van der Waals surface area contributed by atoms with E-state index >= 15 is 0 Å². The van der Waals surface area contributed by atoms with Crippen LogP contribution in [0.25, 0.3) is 0 Å². The number of anilines is 1. The summed E-state index contributed by atoms with van der Waals surface area (Å²) >= 11 is 0. The van der Waals surface area contributed by atoms with Crippen LogP contribution >= 0.6 is 0 Å². The Hall–Kier alpha value is -1.20. The largest absolute Gasteiger partial charge is 0.326 e. The minimum absolute atomic E-state index is 0.0450. The lowest BCUT2D eigenvalue weighted by Gasteiger charge is -2.10. The Morgan fingerprint density at radius 3 is 2.76 bits per heavy atom. The second-order valence-corrected chi connectivity index (χ2v) is 6.96. The summed E-state index contributed by atoms with van der Waals surface area (Å²) in [5.41, 5.74) is 7.33. The SMILES string of the molecule is CCC(C)CS(=O)CCCC(=O)Nc1ccccc1CN. The van der Waals surface area contributed by atoms with E-state index in [1.807, 2.05) is 24.3 Å². The maximum absolute atomic E-state index is 11.9. The van der Waals surface area contributed by atoms with Crippen molar-refractivity contribution in [2.75, 3.05) is 16.8 Å². The first-order valence-corrected chi connectivity index (χ1v) is 8.98. The molecule has 3 N–H and O–H groups in total. The van der Waals surface area contributed by atoms with Crippen molar-refractivity contribution in [3.8, 4) is 0 Å². The van der Waals surface area contributed by atoms with E-state index in [1.165, 1.54) is 0 Å². The molecule has 0 spiro atoms. The Kier molecular flexibility index (Phi) is 8.23. The van der Waals surface area contributed by atoms with Crippen LogP contribution in [-0.4, -0.2) is 21.6 Å². The standard InChI is InChI=1S/C16H26N2O2S/c1-3-13(2)12-21(20)10-6-9-16(19)18-15-8-5-4-7-14(15)11-17/h4-5,7-8,13H,3,6,9-12,17H2,1-2H3,(H,18,19). The molecule has 0 aromatic heterocycles. The Morgan fingerprint density at radius 2 is 2.10 bits per heavy atom. The summed E-state index contributed by atoms with van der Waals surface area (Å²) in [6, 6.07) is 7.52. The maximum Gasteiger partial charge on any atom is 0.224 e. The summed E-state index contributed by atoms with van der Waals surface area (Å²) < 4.78 is 11.8. The molecule has 1 aromatic rings. The normalized spacial score (nSPS) is 13.7. The van der Waals surface area contributed by atoms with Crippen molar-refractivity contribution in [2.45, 2.75) is 39.7 Å². The third kappa shape index (κ3) is 6.87. The number of nitrogens with one attached hydrogen (secondary N) is 1. The van der Waals surface area contributed by atoms with Gasteiger partial charge in [-0.1, -0.05) is 38.5 Å². The highest BCUT2D eigenvalue weighted by Crippen LogP contribution is 2.14. The number of hydrogen-bond donors (Lipinski definition) is 2. The van der Waals surface area contributed by atoms with E-state index in [2.05, 4.69) is 19.2 Å². The highest BCUT2D eigenvalue weighted by Gasteiger charge is 2.09. The zero-order valence-electron chi connectivity index (χ0n) is 12.9. The van der Waals surface area contributed by atoms with E-state index in [0.717, 1.165) is 23.4 Å². The van der Waals surface area contributed by atoms with Gasteiger partial charge in [0.2, 0.25) is 5.91 Å². The molecule has 0 bridgehead atoms. The van der Waals surface area contributed by atoms with Crippen molar-refractivity contribution < 1.29 is 9.00 Å². The van der Waals surface area contributed by atoms with E-state index in [0.29, 0.717) is 31.1 Å². The van der Waals surface area contributed by atoms with E-state index < -0.39 is 10.8 Å². The average molecular weight is 310 g/mol. The highest BCUT2D eigenvalue weighted by atomic mass is 32.2. The van der Waals surface area contributed by atoms with Crippen molar-refractivity contribution in [2.24, 2.45) is 11.7 Å². The van der Waals surface area contributed by atoms with Crippen LogP contribution in [0.1, 0.15) is 38.7 Å². The number of benzene rings is 1. The van der Waals surface area contributed by atoms with Gasteiger partial charge in [0.05, 0.1) is 0 Å². The predicted octanol–water partition coefficient (Wildman–Crippen LogP) is 2.66. The van der Waals surface area contributed by atoms with Crippen LogP contribution in [0.15, 0.2) is 24.3 Å². The second kappa shape index (κ2) is 9.68. The van der Waals surface area contributed by atoms with Gasteiger partial charge in [0.1, 0.15) is 0 Å². The number of para-hydroxylation sites is 1. The number of carbonyl (C=O) groups excluding carboxylic acids is 1. The van der Waals surface area contributed by atoms with Gasteiger partial charge in [0.25, 0.3) is 0 Å². The van der Waals surface area contributed by atoms with Gasteiger partial charge in [-0.15, -0.1) is 0 Å². The predicted molar refractivity (Wildman–Crippen MR) is 89.5 cm³/mol. The number of hydrogen-bond acceptors (Lipinski definition) is 3. The van der Waals surface area contributed by atoms with Crippen molar-refractivity contribution in [1.29, 1.82) is 0 Å². The van der Waals surface area contributed by atoms with E-state index in [1.54, 1.807) is 0 Å². The Bertz CT molecular complexity index is 477. The lowest BCUT2D eigenvalue weighted by Crippen LogP contribution is -2.16. The van der Waals surface area contributed by atoms with Gasteiger partial charge in [-0.05, 0) is 24.0 Å². The first-order chi connectivity index (χ1) is 10.1. The van der Waals surface area contributed by atoms with Gasteiger partial charge in [-0.25, -0.2) is 0 Å². The molecule has 2 unspecified atom stereocenters. The molecule has 0 aliphatic rings. The first-order valence-electron chi connectivity index (χ1n) is 7.49. The van der Waals surface area contributed by atoms with E-state index in [9.17, 15) is 9.00 Å². The third-order valence-electron chi connectivity index (χ3n) is 3.45. The van der Waals surface area contributed by atoms with Crippen LogP contribution in [-0.2, 0) is 22.1 Å². The molecule has 21 heavy (non-hydrogen) atoms.